The molecule has 2 atom stereocenters. The molecule has 0 spiro atoms. The van der Waals surface area contributed by atoms with Crippen molar-refractivity contribution in [3.63, 3.8) is 0 Å². The van der Waals surface area contributed by atoms with Crippen LogP contribution in [0.4, 0.5) is 4.79 Å². The van der Waals surface area contributed by atoms with Gasteiger partial charge in [0.05, 0.1) is 12.3 Å². The molecule has 0 saturated carbocycles. The molecule has 0 bridgehead atoms. The molecule has 27 heavy (non-hydrogen) atoms. The summed E-state index contributed by atoms with van der Waals surface area (Å²) in [5, 5.41) is 10.7. The molecule has 6 heteroatoms. The molecule has 6 nitrogen and oxygen atoms in total. The van der Waals surface area contributed by atoms with E-state index in [4.69, 9.17) is 9.15 Å². The van der Waals surface area contributed by atoms with Crippen LogP contribution in [0.15, 0.2) is 53.1 Å². The fraction of sp³-hybridized carbons (Fsp3) is 0.429. The zero-order valence-corrected chi connectivity index (χ0v) is 16.2. The maximum Gasteiger partial charge on any atom is 0.410 e. The molecular formula is C21H27NO5. The van der Waals surface area contributed by atoms with Crippen LogP contribution in [0.1, 0.15) is 50.2 Å². The van der Waals surface area contributed by atoms with Crippen LogP contribution >= 0.6 is 0 Å². The van der Waals surface area contributed by atoms with E-state index in [2.05, 4.69) is 0 Å². The van der Waals surface area contributed by atoms with E-state index in [0.29, 0.717) is 6.42 Å². The van der Waals surface area contributed by atoms with Crippen LogP contribution in [0.5, 0.6) is 0 Å². The van der Waals surface area contributed by atoms with Gasteiger partial charge in [-0.05, 0) is 44.9 Å². The highest BCUT2D eigenvalue weighted by atomic mass is 16.6. The van der Waals surface area contributed by atoms with Crippen LogP contribution in [-0.4, -0.2) is 39.6 Å². The van der Waals surface area contributed by atoms with E-state index < -0.39 is 29.6 Å². The predicted octanol–water partition coefficient (Wildman–Crippen LogP) is 4.04. The quantitative estimate of drug-likeness (QED) is 0.741. The van der Waals surface area contributed by atoms with Gasteiger partial charge in [-0.1, -0.05) is 37.3 Å². The highest BCUT2D eigenvalue weighted by Crippen LogP contribution is 2.21. The Morgan fingerprint density at radius 3 is 2.33 bits per heavy atom. The van der Waals surface area contributed by atoms with Crippen molar-refractivity contribution in [2.24, 2.45) is 0 Å². The van der Waals surface area contributed by atoms with Crippen molar-refractivity contribution in [1.82, 2.24) is 4.90 Å². The van der Waals surface area contributed by atoms with Crippen LogP contribution < -0.4 is 0 Å². The lowest BCUT2D eigenvalue weighted by Crippen LogP contribution is -2.50. The van der Waals surface area contributed by atoms with E-state index in [1.54, 1.807) is 26.8 Å². The number of benzene rings is 1. The number of ether oxygens (including phenoxy) is 1. The average molecular weight is 373 g/mol. The molecule has 1 amide bonds. The monoisotopic (exact) mass is 373 g/mol. The van der Waals surface area contributed by atoms with Crippen molar-refractivity contribution < 1.29 is 23.8 Å². The lowest BCUT2D eigenvalue weighted by Gasteiger charge is -2.35. The third-order valence-electron chi connectivity index (χ3n) is 4.04. The minimum atomic E-state index is -1.42. The lowest BCUT2D eigenvalue weighted by atomic mass is 10.0. The molecule has 1 aromatic heterocycles. The Hall–Kier alpha value is -2.60. The third-order valence-corrected chi connectivity index (χ3v) is 4.04. The summed E-state index contributed by atoms with van der Waals surface area (Å²) in [5.74, 6) is -0.502. The Morgan fingerprint density at radius 1 is 1.15 bits per heavy atom. The largest absolute Gasteiger partial charge is 0.461 e. The molecule has 0 saturated heterocycles. The molecule has 1 aromatic carbocycles. The number of carbonyl (C=O) groups is 2. The molecule has 2 aromatic rings. The van der Waals surface area contributed by atoms with E-state index >= 15 is 0 Å². The van der Waals surface area contributed by atoms with E-state index in [1.165, 1.54) is 17.2 Å². The molecule has 0 fully saturated rings. The topological polar surface area (TPSA) is 80.0 Å². The van der Waals surface area contributed by atoms with Gasteiger partial charge in [0.15, 0.2) is 5.76 Å². The fourth-order valence-corrected chi connectivity index (χ4v) is 2.77. The minimum absolute atomic E-state index is 0.0600. The van der Waals surface area contributed by atoms with Gasteiger partial charge < -0.3 is 14.3 Å². The second kappa shape index (κ2) is 8.86. The first-order valence-corrected chi connectivity index (χ1v) is 9.02. The zero-order chi connectivity index (χ0) is 20.0. The Labute approximate surface area is 159 Å². The van der Waals surface area contributed by atoms with Gasteiger partial charge in [-0.3, -0.25) is 9.69 Å². The molecule has 146 valence electrons. The van der Waals surface area contributed by atoms with Gasteiger partial charge in [-0.25, -0.2) is 4.79 Å². The number of rotatable bonds is 7. The third kappa shape index (κ3) is 5.69. The Morgan fingerprint density at radius 2 is 1.81 bits per heavy atom. The van der Waals surface area contributed by atoms with Crippen LogP contribution in [0.2, 0.25) is 0 Å². The number of hydrogen-bond acceptors (Lipinski definition) is 5. The van der Waals surface area contributed by atoms with Gasteiger partial charge in [0.25, 0.3) is 0 Å². The van der Waals surface area contributed by atoms with E-state index in [0.717, 1.165) is 5.56 Å². The molecule has 0 aliphatic carbocycles. The van der Waals surface area contributed by atoms with Crippen molar-refractivity contribution in [1.29, 1.82) is 0 Å². The van der Waals surface area contributed by atoms with Gasteiger partial charge in [-0.15, -0.1) is 0 Å². The van der Waals surface area contributed by atoms with Crippen molar-refractivity contribution >= 4 is 11.9 Å². The Kier molecular flexibility index (Phi) is 6.80. The summed E-state index contributed by atoms with van der Waals surface area (Å²) in [6.45, 7) is 7.35. The molecule has 1 heterocycles. The van der Waals surface area contributed by atoms with Crippen molar-refractivity contribution in [2.75, 3.05) is 0 Å². The van der Waals surface area contributed by atoms with E-state index in [-0.39, 0.29) is 12.3 Å². The van der Waals surface area contributed by atoms with Gasteiger partial charge in [0, 0.05) is 6.54 Å². The maximum absolute atomic E-state index is 12.8. The Bertz CT molecular complexity index is 734. The minimum Gasteiger partial charge on any atom is -0.461 e. The summed E-state index contributed by atoms with van der Waals surface area (Å²) in [4.78, 5) is 26.8. The van der Waals surface area contributed by atoms with Gasteiger partial charge in [-0.2, -0.15) is 0 Å². The summed E-state index contributed by atoms with van der Waals surface area (Å²) < 4.78 is 10.6. The fourth-order valence-electron chi connectivity index (χ4n) is 2.77. The summed E-state index contributed by atoms with van der Waals surface area (Å²) in [6, 6.07) is 11.7. The summed E-state index contributed by atoms with van der Waals surface area (Å²) in [6.07, 6.45) is -0.252. The normalized spacial score (nSPS) is 13.7. The molecule has 0 aliphatic rings. The predicted molar refractivity (Wildman–Crippen MR) is 101 cm³/mol. The van der Waals surface area contributed by atoms with Crippen molar-refractivity contribution in [3.8, 4) is 0 Å². The molecule has 0 radical (unpaired) electrons. The standard InChI is InChI=1S/C21H27NO5/c1-5-16(18(23)19(24)17-12-9-13-26-17)22(20(25)27-21(2,3)4)14-15-10-7-6-8-11-15/h6-13,16,18,23H,5,14H2,1-4H3/t16-,18-/m0/s1. The maximum atomic E-state index is 12.8. The summed E-state index contributed by atoms with van der Waals surface area (Å²) in [7, 11) is 0. The second-order valence-corrected chi connectivity index (χ2v) is 7.36. The molecular weight excluding hydrogens is 346 g/mol. The molecule has 2 rings (SSSR count). The molecule has 0 aliphatic heterocycles. The second-order valence-electron chi connectivity index (χ2n) is 7.36. The van der Waals surface area contributed by atoms with Crippen LogP contribution in [0, 0.1) is 0 Å². The number of amides is 1. The molecule has 0 unspecified atom stereocenters. The first-order chi connectivity index (χ1) is 12.7. The van der Waals surface area contributed by atoms with E-state index in [9.17, 15) is 14.7 Å². The number of ketones is 1. The molecule has 1 N–H and O–H groups in total. The number of aliphatic hydroxyl groups excluding tert-OH is 1. The highest BCUT2D eigenvalue weighted by molar-refractivity contribution is 5.97. The lowest BCUT2D eigenvalue weighted by molar-refractivity contribution is -0.00648. The van der Waals surface area contributed by atoms with Crippen molar-refractivity contribution in [2.45, 2.75) is 58.4 Å². The van der Waals surface area contributed by atoms with Crippen molar-refractivity contribution in [3.05, 3.63) is 60.1 Å². The smallest absolute Gasteiger partial charge is 0.410 e. The number of nitrogens with zero attached hydrogens (tertiary/aromatic N) is 1. The summed E-state index contributed by atoms with van der Waals surface area (Å²) in [5.41, 5.74) is 0.180. The van der Waals surface area contributed by atoms with Gasteiger partial charge in [0.2, 0.25) is 5.78 Å². The number of aliphatic hydroxyl groups is 1. The van der Waals surface area contributed by atoms with Gasteiger partial charge in [0.1, 0.15) is 11.7 Å². The van der Waals surface area contributed by atoms with Crippen LogP contribution in [0.25, 0.3) is 0 Å². The van der Waals surface area contributed by atoms with E-state index in [1.807, 2.05) is 37.3 Å². The number of furan rings is 1. The van der Waals surface area contributed by atoms with Crippen LogP contribution in [-0.2, 0) is 11.3 Å². The highest BCUT2D eigenvalue weighted by Gasteiger charge is 2.36. The SMILES string of the molecule is CC[C@@H]([C@H](O)C(=O)c1ccco1)N(Cc1ccccc1)C(=O)OC(C)(C)C. The Balaban J connectivity index is 2.30. The average Bonchev–Trinajstić information content (AvgIpc) is 3.14. The number of Topliss-reactive ketones (excluding diaryl/α,β-unsaturated/α-hetero) is 1. The first kappa shape index (κ1) is 20.7. The summed E-state index contributed by atoms with van der Waals surface area (Å²) >= 11 is 0. The first-order valence-electron chi connectivity index (χ1n) is 9.02. The van der Waals surface area contributed by atoms with Crippen LogP contribution in [0.3, 0.4) is 0 Å². The van der Waals surface area contributed by atoms with Gasteiger partial charge >= 0.3 is 6.09 Å². The number of carbonyl (C=O) groups excluding carboxylic acids is 2. The number of hydrogen-bond donors (Lipinski definition) is 1. The zero-order valence-electron chi connectivity index (χ0n) is 16.2.